The normalized spacial score (nSPS) is 12.9. The van der Waals surface area contributed by atoms with Gasteiger partial charge in [0, 0.05) is 0 Å². The Morgan fingerprint density at radius 1 is 0.349 bits per heavy atom. The second-order valence-electron chi connectivity index (χ2n) is 16.5. The van der Waals surface area contributed by atoms with E-state index in [2.05, 4.69) is 240 Å². The third kappa shape index (κ3) is 5.28. The zero-order valence-corrected chi connectivity index (χ0v) is 36.3. The molecule has 0 unspecified atom stereocenters. The summed E-state index contributed by atoms with van der Waals surface area (Å²) in [5, 5.41) is 4.93. The van der Waals surface area contributed by atoms with Crippen LogP contribution in [0.5, 0.6) is 0 Å². The zero-order valence-electron chi connectivity index (χ0n) is 34.2. The van der Waals surface area contributed by atoms with Crippen LogP contribution in [-0.4, -0.2) is 32.4 Å². The van der Waals surface area contributed by atoms with E-state index in [1.807, 2.05) is 0 Å². The second kappa shape index (κ2) is 14.1. The van der Waals surface area contributed by atoms with E-state index in [0.29, 0.717) is 0 Å². The fraction of sp³-hybridized carbons (Fsp3) is 0. The molecule has 294 valence electrons. The molecule has 13 rings (SSSR count). The zero-order chi connectivity index (χ0) is 41.5. The summed E-state index contributed by atoms with van der Waals surface area (Å²) in [6.07, 6.45) is 0. The van der Waals surface area contributed by atoms with Gasteiger partial charge in [0.2, 0.25) is 0 Å². The summed E-state index contributed by atoms with van der Waals surface area (Å²) in [6.45, 7) is 0. The number of rotatable bonds is 6. The monoisotopic (exact) mass is 864 g/mol. The van der Waals surface area contributed by atoms with E-state index in [-0.39, 0.29) is 0 Å². The van der Waals surface area contributed by atoms with Crippen LogP contribution in [0.25, 0.3) is 88.8 Å². The van der Waals surface area contributed by atoms with Crippen LogP contribution in [0.15, 0.2) is 231 Å². The average Bonchev–Trinajstić information content (AvgIpc) is 3.98. The molecule has 0 amide bonds. The predicted octanol–water partition coefficient (Wildman–Crippen LogP) is 11.4. The van der Waals surface area contributed by atoms with Crippen molar-refractivity contribution >= 4 is 74.6 Å². The summed E-state index contributed by atoms with van der Waals surface area (Å²) in [5.41, 5.74) is 12.3. The molecule has 0 spiro atoms. The Morgan fingerprint density at radius 2 is 0.857 bits per heavy atom. The Balaban J connectivity index is 1.09. The Bertz CT molecular complexity index is 3690. The Hall–Kier alpha value is -7.80. The molecule has 12 aromatic rings. The van der Waals surface area contributed by atoms with Crippen molar-refractivity contribution in [3.05, 3.63) is 231 Å². The number of hydrogen-bond acceptors (Lipinski definition) is 2. The van der Waals surface area contributed by atoms with Crippen molar-refractivity contribution in [2.75, 3.05) is 0 Å². The molecule has 1 aliphatic heterocycles. The minimum absolute atomic E-state index is 0.733. The van der Waals surface area contributed by atoms with E-state index in [1.165, 1.54) is 55.9 Å². The molecular formula is C58H38GeN4. The van der Waals surface area contributed by atoms with Crippen LogP contribution in [0.3, 0.4) is 0 Å². The van der Waals surface area contributed by atoms with Gasteiger partial charge in [-0.3, -0.25) is 0 Å². The molecule has 5 heteroatoms. The van der Waals surface area contributed by atoms with Crippen molar-refractivity contribution in [2.45, 2.75) is 0 Å². The van der Waals surface area contributed by atoms with Crippen LogP contribution in [-0.2, 0) is 0 Å². The first-order valence-electron chi connectivity index (χ1n) is 21.6. The van der Waals surface area contributed by atoms with Gasteiger partial charge < -0.3 is 0 Å². The standard InChI is InChI=1S/C58H38GeN4/c1-5-20-39(21-6-1)56-55-47-32-13-16-33-50(47)59(41-23-7-2-8-24-41,42-25-9-3-10-26-42)57(55)61-58(60-56)40-22-19-29-44(36-40)63-52-35-18-15-31-46(52)49-37-48-45-30-14-17-34-51(45)62(53(48)38-54(49)63)43-27-11-4-12-28-43/h1-38H. The number of aromatic nitrogens is 4. The number of hydrogen-bond donors (Lipinski definition) is 0. The van der Waals surface area contributed by atoms with E-state index in [9.17, 15) is 0 Å². The van der Waals surface area contributed by atoms with Gasteiger partial charge in [0.25, 0.3) is 0 Å². The molecule has 0 N–H and O–H groups in total. The van der Waals surface area contributed by atoms with Gasteiger partial charge in [-0.15, -0.1) is 0 Å². The SMILES string of the molecule is c1ccc(-c2nc(-c3cccc(-n4c5ccccc5c5cc6c7ccccc7n(-c7ccccc7)c6cc54)c3)n[c]3c2-c2cccc[c]2[Ge]3([c]2ccccc2)[c]2ccccc2)cc1. The van der Waals surface area contributed by atoms with Gasteiger partial charge in [-0.05, 0) is 18.2 Å². The fourth-order valence-corrected chi connectivity index (χ4v) is 21.0. The minimum atomic E-state index is -3.71. The van der Waals surface area contributed by atoms with Gasteiger partial charge >= 0.3 is 315 Å². The number of fused-ring (bicyclic) bond motifs is 9. The van der Waals surface area contributed by atoms with Crippen LogP contribution < -0.4 is 17.7 Å². The number of nitrogens with zero attached hydrogens (tertiary/aromatic N) is 4. The summed E-state index contributed by atoms with van der Waals surface area (Å²) < 4.78 is 10.1. The molecule has 1 aliphatic rings. The number of benzene rings is 9. The summed E-state index contributed by atoms with van der Waals surface area (Å²) in [5.74, 6) is 0.733. The maximum atomic E-state index is 5.85. The molecule has 9 aromatic carbocycles. The van der Waals surface area contributed by atoms with E-state index in [4.69, 9.17) is 9.97 Å². The summed E-state index contributed by atoms with van der Waals surface area (Å²) in [7, 11) is 0. The molecule has 63 heavy (non-hydrogen) atoms. The van der Waals surface area contributed by atoms with E-state index >= 15 is 0 Å². The Kier molecular flexibility index (Phi) is 8.05. The fourth-order valence-electron chi connectivity index (χ4n) is 10.6. The summed E-state index contributed by atoms with van der Waals surface area (Å²) in [6, 6.07) is 84.0. The Morgan fingerprint density at radius 3 is 1.51 bits per heavy atom. The molecule has 0 atom stereocenters. The molecule has 0 aliphatic carbocycles. The van der Waals surface area contributed by atoms with Crippen molar-refractivity contribution < 1.29 is 0 Å². The molecule has 4 nitrogen and oxygen atoms in total. The molecule has 0 radical (unpaired) electrons. The summed E-state index contributed by atoms with van der Waals surface area (Å²) in [4.78, 5) is 11.4. The maximum absolute atomic E-state index is 5.85. The Labute approximate surface area is 367 Å². The molecule has 0 bridgehead atoms. The van der Waals surface area contributed by atoms with E-state index in [1.54, 1.807) is 0 Å². The molecule has 0 fully saturated rings. The van der Waals surface area contributed by atoms with Crippen LogP contribution in [0.2, 0.25) is 0 Å². The van der Waals surface area contributed by atoms with E-state index < -0.39 is 13.3 Å². The number of para-hydroxylation sites is 3. The van der Waals surface area contributed by atoms with Crippen molar-refractivity contribution in [2.24, 2.45) is 0 Å². The quantitative estimate of drug-likeness (QED) is 0.156. The van der Waals surface area contributed by atoms with Gasteiger partial charge in [-0.25, -0.2) is 0 Å². The van der Waals surface area contributed by atoms with Crippen LogP contribution in [0.1, 0.15) is 0 Å². The van der Waals surface area contributed by atoms with Crippen molar-refractivity contribution in [3.8, 4) is 45.1 Å². The topological polar surface area (TPSA) is 35.6 Å². The van der Waals surface area contributed by atoms with Gasteiger partial charge in [0.05, 0.1) is 0 Å². The van der Waals surface area contributed by atoms with Crippen molar-refractivity contribution in [1.82, 2.24) is 19.1 Å². The second-order valence-corrected chi connectivity index (χ2v) is 24.2. The molecular weight excluding hydrogens is 825 g/mol. The summed E-state index contributed by atoms with van der Waals surface area (Å²) >= 11 is -3.71. The van der Waals surface area contributed by atoms with Crippen LogP contribution in [0, 0.1) is 0 Å². The first-order chi connectivity index (χ1) is 31.3. The van der Waals surface area contributed by atoms with Gasteiger partial charge in [-0.2, -0.15) is 0 Å². The molecule has 0 saturated carbocycles. The molecule has 4 heterocycles. The van der Waals surface area contributed by atoms with Gasteiger partial charge in [-0.1, -0.05) is 36.4 Å². The first-order valence-corrected chi connectivity index (χ1v) is 25.8. The van der Waals surface area contributed by atoms with Crippen LogP contribution in [0.4, 0.5) is 0 Å². The third-order valence-electron chi connectivity index (χ3n) is 13.2. The first kappa shape index (κ1) is 35.9. The van der Waals surface area contributed by atoms with Crippen molar-refractivity contribution in [1.29, 1.82) is 0 Å². The third-order valence-corrected chi connectivity index (χ3v) is 23.1. The van der Waals surface area contributed by atoms with Crippen molar-refractivity contribution in [3.63, 3.8) is 0 Å². The van der Waals surface area contributed by atoms with Gasteiger partial charge in [0.15, 0.2) is 0 Å². The predicted molar refractivity (Wildman–Crippen MR) is 264 cm³/mol. The average molecular weight is 864 g/mol. The molecule has 0 saturated heterocycles. The van der Waals surface area contributed by atoms with Gasteiger partial charge in [0.1, 0.15) is 0 Å². The van der Waals surface area contributed by atoms with Crippen LogP contribution >= 0.6 is 0 Å². The van der Waals surface area contributed by atoms with E-state index in [0.717, 1.165) is 50.6 Å². The molecule has 3 aromatic heterocycles.